The third-order valence-electron chi connectivity index (χ3n) is 3.75. The lowest BCUT2D eigenvalue weighted by molar-refractivity contribution is -0.00628. The lowest BCUT2D eigenvalue weighted by Gasteiger charge is -2.41. The molecule has 0 heterocycles. The van der Waals surface area contributed by atoms with Crippen LogP contribution >= 0.6 is 0 Å². The molecule has 0 amide bonds. The largest absolute Gasteiger partial charge is 0.494 e. The van der Waals surface area contributed by atoms with E-state index in [1.54, 1.807) is 0 Å². The van der Waals surface area contributed by atoms with Gasteiger partial charge in [0.2, 0.25) is 0 Å². The molecule has 1 unspecified atom stereocenters. The first kappa shape index (κ1) is 16.0. The first-order chi connectivity index (χ1) is 8.97. The summed E-state index contributed by atoms with van der Waals surface area (Å²) in [6.45, 7) is 12.9. The van der Waals surface area contributed by atoms with Crippen molar-refractivity contribution in [3.8, 4) is 5.75 Å². The Hall–Kier alpha value is -1.06. The number of likely N-dealkylation sites (N-methyl/N-ethyl adjacent to an activating group) is 1. The van der Waals surface area contributed by atoms with Gasteiger partial charge >= 0.3 is 0 Å². The van der Waals surface area contributed by atoms with Crippen LogP contribution in [0.3, 0.4) is 0 Å². The van der Waals surface area contributed by atoms with E-state index in [4.69, 9.17) is 4.74 Å². The van der Waals surface area contributed by atoms with Gasteiger partial charge in [-0.05, 0) is 51.6 Å². The maximum absolute atomic E-state index is 10.6. The van der Waals surface area contributed by atoms with Crippen molar-refractivity contribution in [2.24, 2.45) is 0 Å². The number of benzene rings is 1. The summed E-state index contributed by atoms with van der Waals surface area (Å²) in [6.07, 6.45) is -0.511. The number of rotatable bonds is 7. The summed E-state index contributed by atoms with van der Waals surface area (Å²) in [7, 11) is 0. The van der Waals surface area contributed by atoms with Crippen LogP contribution in [0, 0.1) is 0 Å². The highest BCUT2D eigenvalue weighted by atomic mass is 16.5. The molecule has 0 saturated heterocycles. The first-order valence-electron chi connectivity index (χ1n) is 7.13. The molecular weight excluding hydrogens is 238 g/mol. The minimum atomic E-state index is -0.511. The molecule has 0 aliphatic carbocycles. The summed E-state index contributed by atoms with van der Waals surface area (Å²) in [5.74, 6) is 0.846. The predicted molar refractivity (Wildman–Crippen MR) is 79.6 cm³/mol. The molecule has 0 spiro atoms. The van der Waals surface area contributed by atoms with E-state index in [9.17, 15) is 5.11 Å². The molecule has 1 aromatic carbocycles. The summed E-state index contributed by atoms with van der Waals surface area (Å²) in [5, 5.41) is 10.6. The van der Waals surface area contributed by atoms with Gasteiger partial charge in [-0.3, -0.25) is 4.90 Å². The third-order valence-corrected chi connectivity index (χ3v) is 3.75. The molecule has 108 valence electrons. The molecule has 19 heavy (non-hydrogen) atoms. The van der Waals surface area contributed by atoms with Crippen LogP contribution in [0.25, 0.3) is 0 Å². The van der Waals surface area contributed by atoms with Gasteiger partial charge in [-0.15, -0.1) is 0 Å². The Morgan fingerprint density at radius 2 is 1.63 bits per heavy atom. The van der Waals surface area contributed by atoms with Crippen molar-refractivity contribution in [1.29, 1.82) is 0 Å². The molecule has 3 nitrogen and oxygen atoms in total. The number of ether oxygens (including phenoxy) is 1. The maximum atomic E-state index is 10.6. The molecule has 0 aliphatic heterocycles. The van der Waals surface area contributed by atoms with E-state index in [1.165, 1.54) is 0 Å². The Bertz CT molecular complexity index is 369. The van der Waals surface area contributed by atoms with Gasteiger partial charge in [-0.25, -0.2) is 0 Å². The maximum Gasteiger partial charge on any atom is 0.119 e. The van der Waals surface area contributed by atoms with Crippen LogP contribution in [0.4, 0.5) is 0 Å². The second-order valence-corrected chi connectivity index (χ2v) is 5.23. The highest BCUT2D eigenvalue weighted by Gasteiger charge is 2.33. The number of hydrogen-bond donors (Lipinski definition) is 1. The molecule has 0 saturated carbocycles. The van der Waals surface area contributed by atoms with E-state index in [2.05, 4.69) is 32.6 Å². The molecule has 1 aromatic rings. The minimum absolute atomic E-state index is 0.281. The Balaban J connectivity index is 2.89. The molecule has 0 bridgehead atoms. The number of aliphatic hydroxyl groups is 1. The van der Waals surface area contributed by atoms with Gasteiger partial charge in [-0.1, -0.05) is 26.0 Å². The van der Waals surface area contributed by atoms with Crippen molar-refractivity contribution < 1.29 is 9.84 Å². The molecule has 1 N–H and O–H groups in total. The number of nitrogens with zero attached hydrogens (tertiary/aromatic N) is 1. The van der Waals surface area contributed by atoms with Crippen LogP contribution in [-0.2, 0) is 0 Å². The summed E-state index contributed by atoms with van der Waals surface area (Å²) in [6, 6.07) is 7.72. The van der Waals surface area contributed by atoms with E-state index in [-0.39, 0.29) is 5.54 Å². The van der Waals surface area contributed by atoms with E-state index >= 15 is 0 Å². The quantitative estimate of drug-likeness (QED) is 0.821. The highest BCUT2D eigenvalue weighted by molar-refractivity contribution is 5.30. The molecule has 0 aromatic heterocycles. The number of hydrogen-bond acceptors (Lipinski definition) is 3. The fraction of sp³-hybridized carbons (Fsp3) is 0.625. The van der Waals surface area contributed by atoms with E-state index in [0.717, 1.165) is 24.4 Å². The minimum Gasteiger partial charge on any atom is -0.494 e. The lowest BCUT2D eigenvalue weighted by Crippen LogP contribution is -2.48. The fourth-order valence-electron chi connectivity index (χ4n) is 2.53. The Kier molecular flexibility index (Phi) is 5.83. The van der Waals surface area contributed by atoms with Gasteiger partial charge in [0.15, 0.2) is 0 Å². The molecule has 1 atom stereocenters. The highest BCUT2D eigenvalue weighted by Crippen LogP contribution is 2.31. The van der Waals surface area contributed by atoms with Crippen molar-refractivity contribution in [2.75, 3.05) is 19.7 Å². The van der Waals surface area contributed by atoms with Crippen LogP contribution < -0.4 is 4.74 Å². The van der Waals surface area contributed by atoms with Crippen molar-refractivity contribution in [1.82, 2.24) is 4.90 Å². The van der Waals surface area contributed by atoms with E-state index in [0.29, 0.717) is 6.61 Å². The fourth-order valence-corrected chi connectivity index (χ4v) is 2.53. The van der Waals surface area contributed by atoms with E-state index < -0.39 is 6.10 Å². The SMILES string of the molecule is CCOc1ccc(C(O)C(C)(C)N(CC)CC)cc1. The van der Waals surface area contributed by atoms with Gasteiger partial charge in [0, 0.05) is 5.54 Å². The van der Waals surface area contributed by atoms with Crippen molar-refractivity contribution in [2.45, 2.75) is 46.3 Å². The summed E-state index contributed by atoms with van der Waals surface area (Å²) in [5.41, 5.74) is 0.650. The van der Waals surface area contributed by atoms with Crippen LogP contribution in [0.15, 0.2) is 24.3 Å². The second-order valence-electron chi connectivity index (χ2n) is 5.23. The molecule has 0 radical (unpaired) electrons. The van der Waals surface area contributed by atoms with Gasteiger partial charge in [0.25, 0.3) is 0 Å². The first-order valence-corrected chi connectivity index (χ1v) is 7.13. The zero-order valence-corrected chi connectivity index (χ0v) is 12.8. The smallest absolute Gasteiger partial charge is 0.119 e. The predicted octanol–water partition coefficient (Wildman–Crippen LogP) is 3.24. The van der Waals surface area contributed by atoms with Crippen LogP contribution in [-0.4, -0.2) is 35.2 Å². The monoisotopic (exact) mass is 265 g/mol. The normalized spacial score (nSPS) is 13.6. The van der Waals surface area contributed by atoms with Crippen LogP contribution in [0.1, 0.15) is 46.3 Å². The van der Waals surface area contributed by atoms with Gasteiger partial charge in [-0.2, -0.15) is 0 Å². The standard InChI is InChI=1S/C16H27NO2/c1-6-17(7-2)16(4,5)15(18)13-9-11-14(12-10-13)19-8-3/h9-12,15,18H,6-8H2,1-5H3. The number of aliphatic hydroxyl groups excluding tert-OH is 1. The Labute approximate surface area is 117 Å². The van der Waals surface area contributed by atoms with Crippen molar-refractivity contribution in [3.05, 3.63) is 29.8 Å². The van der Waals surface area contributed by atoms with E-state index in [1.807, 2.05) is 31.2 Å². The van der Waals surface area contributed by atoms with Gasteiger partial charge in [0.1, 0.15) is 5.75 Å². The van der Waals surface area contributed by atoms with Crippen LogP contribution in [0.5, 0.6) is 5.75 Å². The van der Waals surface area contributed by atoms with Gasteiger partial charge < -0.3 is 9.84 Å². The third kappa shape index (κ3) is 3.71. The average molecular weight is 265 g/mol. The molecular formula is C16H27NO2. The average Bonchev–Trinajstić information content (AvgIpc) is 2.40. The summed E-state index contributed by atoms with van der Waals surface area (Å²) < 4.78 is 5.42. The molecule has 3 heteroatoms. The lowest BCUT2D eigenvalue weighted by atomic mass is 9.89. The molecule has 1 rings (SSSR count). The van der Waals surface area contributed by atoms with Crippen molar-refractivity contribution in [3.63, 3.8) is 0 Å². The zero-order chi connectivity index (χ0) is 14.5. The topological polar surface area (TPSA) is 32.7 Å². The second kappa shape index (κ2) is 6.92. The van der Waals surface area contributed by atoms with Crippen LogP contribution in [0.2, 0.25) is 0 Å². The zero-order valence-electron chi connectivity index (χ0n) is 12.8. The summed E-state index contributed by atoms with van der Waals surface area (Å²) >= 11 is 0. The summed E-state index contributed by atoms with van der Waals surface area (Å²) in [4.78, 5) is 2.27. The Morgan fingerprint density at radius 3 is 2.05 bits per heavy atom. The molecule has 0 fully saturated rings. The van der Waals surface area contributed by atoms with Gasteiger partial charge in [0.05, 0.1) is 12.7 Å². The molecule has 0 aliphatic rings. The Morgan fingerprint density at radius 1 is 1.11 bits per heavy atom. The van der Waals surface area contributed by atoms with Crippen molar-refractivity contribution >= 4 is 0 Å².